The van der Waals surface area contributed by atoms with Crippen LogP contribution >= 0.6 is 23.2 Å². The van der Waals surface area contributed by atoms with E-state index in [4.69, 9.17) is 41.9 Å². The van der Waals surface area contributed by atoms with Crippen molar-refractivity contribution in [2.45, 2.75) is 43.6 Å². The van der Waals surface area contributed by atoms with E-state index in [2.05, 4.69) is 5.16 Å². The minimum atomic E-state index is -0.577. The minimum Gasteiger partial charge on any atom is -0.493 e. The number of anilines is 2. The highest BCUT2D eigenvalue weighted by Gasteiger charge is 2.59. The summed E-state index contributed by atoms with van der Waals surface area (Å²) < 4.78 is 22.5. The molecule has 0 saturated heterocycles. The lowest BCUT2D eigenvalue weighted by molar-refractivity contribution is -0.121. The zero-order valence-electron chi connectivity index (χ0n) is 22.0. The molecule has 2 fully saturated rings. The molecule has 3 aromatic carbocycles. The maximum Gasteiger partial charge on any atom is 0.298 e. The van der Waals surface area contributed by atoms with Crippen molar-refractivity contribution >= 4 is 47.0 Å². The lowest BCUT2D eigenvalue weighted by Gasteiger charge is -2.20. The summed E-state index contributed by atoms with van der Waals surface area (Å²) in [6.45, 7) is 0.554. The maximum absolute atomic E-state index is 13.7. The van der Waals surface area contributed by atoms with Crippen molar-refractivity contribution < 1.29 is 28.3 Å². The van der Waals surface area contributed by atoms with Gasteiger partial charge in [0.15, 0.2) is 11.5 Å². The SMILES string of the molecule is COc1cc(N2C(=O)C3(CC3)c3cc(OCc4c(-c5c(Cl)cccc5Cl)noc4C4CC4)ccc32)ccc1OC=O. The number of aromatic nitrogens is 1. The summed E-state index contributed by atoms with van der Waals surface area (Å²) in [7, 11) is 1.48. The molecule has 7 rings (SSSR count). The first-order chi connectivity index (χ1) is 19.9. The molecule has 0 N–H and O–H groups in total. The molecular formula is C31H24Cl2N2O6. The van der Waals surface area contributed by atoms with Crippen molar-refractivity contribution in [3.63, 3.8) is 0 Å². The molecule has 1 aliphatic heterocycles. The lowest BCUT2D eigenvalue weighted by Crippen LogP contribution is -2.27. The molecule has 0 unspecified atom stereocenters. The molecule has 208 valence electrons. The largest absolute Gasteiger partial charge is 0.493 e. The number of carbonyl (C=O) groups is 2. The minimum absolute atomic E-state index is 0.00135. The van der Waals surface area contributed by atoms with Gasteiger partial charge in [0.1, 0.15) is 23.8 Å². The number of nitrogens with zero attached hydrogens (tertiary/aromatic N) is 2. The van der Waals surface area contributed by atoms with Crippen LogP contribution < -0.4 is 19.1 Å². The summed E-state index contributed by atoms with van der Waals surface area (Å²) >= 11 is 13.0. The van der Waals surface area contributed by atoms with E-state index in [0.29, 0.717) is 50.9 Å². The van der Waals surface area contributed by atoms with Gasteiger partial charge in [-0.25, -0.2) is 0 Å². The Hall–Kier alpha value is -4.01. The van der Waals surface area contributed by atoms with E-state index in [1.54, 1.807) is 41.3 Å². The average Bonchev–Trinajstić information content (AvgIpc) is 3.90. The molecule has 8 nitrogen and oxygen atoms in total. The summed E-state index contributed by atoms with van der Waals surface area (Å²) in [6.07, 6.45) is 3.58. The first-order valence-electron chi connectivity index (χ1n) is 13.3. The van der Waals surface area contributed by atoms with Crippen LogP contribution in [0.3, 0.4) is 0 Å². The Morgan fingerprint density at radius 3 is 2.54 bits per heavy atom. The molecular weight excluding hydrogens is 567 g/mol. The van der Waals surface area contributed by atoms with Crippen molar-refractivity contribution in [2.24, 2.45) is 0 Å². The molecule has 0 radical (unpaired) electrons. The highest BCUT2D eigenvalue weighted by atomic mass is 35.5. The third kappa shape index (κ3) is 4.24. The van der Waals surface area contributed by atoms with Gasteiger partial charge < -0.3 is 18.7 Å². The number of amides is 1. The molecule has 2 aliphatic carbocycles. The zero-order chi connectivity index (χ0) is 28.3. The van der Waals surface area contributed by atoms with E-state index < -0.39 is 5.41 Å². The van der Waals surface area contributed by atoms with Gasteiger partial charge in [0.25, 0.3) is 6.47 Å². The van der Waals surface area contributed by atoms with E-state index in [1.807, 2.05) is 18.2 Å². The molecule has 0 bridgehead atoms. The normalized spacial score (nSPS) is 16.6. The van der Waals surface area contributed by atoms with Gasteiger partial charge in [-0.05, 0) is 73.7 Å². The smallest absolute Gasteiger partial charge is 0.298 e. The van der Waals surface area contributed by atoms with Gasteiger partial charge in [0.2, 0.25) is 5.91 Å². The van der Waals surface area contributed by atoms with Crippen LogP contribution in [0.25, 0.3) is 11.3 Å². The Kier molecular flexibility index (Phi) is 6.21. The number of benzene rings is 3. The molecule has 1 aromatic heterocycles. The number of halogens is 2. The highest BCUT2D eigenvalue weighted by Crippen LogP contribution is 2.60. The number of rotatable bonds is 9. The predicted octanol–water partition coefficient (Wildman–Crippen LogP) is 7.36. The second kappa shape index (κ2) is 9.82. The van der Waals surface area contributed by atoms with E-state index in [-0.39, 0.29) is 18.3 Å². The van der Waals surface area contributed by atoms with Crippen LogP contribution in [0.5, 0.6) is 17.2 Å². The summed E-state index contributed by atoms with van der Waals surface area (Å²) in [5.41, 5.74) is 3.80. The third-order valence-electron chi connectivity index (χ3n) is 8.02. The van der Waals surface area contributed by atoms with Gasteiger partial charge in [0.05, 0.1) is 39.5 Å². The molecule has 2 saturated carbocycles. The van der Waals surface area contributed by atoms with Gasteiger partial charge in [0, 0.05) is 17.5 Å². The topological polar surface area (TPSA) is 91.1 Å². The van der Waals surface area contributed by atoms with Gasteiger partial charge in [-0.15, -0.1) is 0 Å². The maximum atomic E-state index is 13.7. The fourth-order valence-corrected chi connectivity index (χ4v) is 6.21. The number of carbonyl (C=O) groups excluding carboxylic acids is 2. The van der Waals surface area contributed by atoms with Crippen LogP contribution in [0.15, 0.2) is 59.1 Å². The monoisotopic (exact) mass is 590 g/mol. The lowest BCUT2D eigenvalue weighted by atomic mass is 9.98. The number of fused-ring (bicyclic) bond motifs is 2. The Labute approximate surface area is 245 Å². The summed E-state index contributed by atoms with van der Waals surface area (Å²) in [4.78, 5) is 26.3. The van der Waals surface area contributed by atoms with Crippen LogP contribution in [-0.2, 0) is 21.6 Å². The Morgan fingerprint density at radius 1 is 1.07 bits per heavy atom. The molecule has 41 heavy (non-hydrogen) atoms. The molecule has 0 atom stereocenters. The molecule has 1 spiro atoms. The quantitative estimate of drug-likeness (QED) is 0.188. The number of hydrogen-bond donors (Lipinski definition) is 0. The van der Waals surface area contributed by atoms with Gasteiger partial charge >= 0.3 is 0 Å². The van der Waals surface area contributed by atoms with Crippen LogP contribution in [-0.4, -0.2) is 24.6 Å². The van der Waals surface area contributed by atoms with Gasteiger partial charge in [-0.2, -0.15) is 0 Å². The second-order valence-electron chi connectivity index (χ2n) is 10.5. The Bertz CT molecular complexity index is 1690. The summed E-state index contributed by atoms with van der Waals surface area (Å²) in [6, 6.07) is 16.1. The van der Waals surface area contributed by atoms with Gasteiger partial charge in [-0.1, -0.05) is 34.4 Å². The zero-order valence-corrected chi connectivity index (χ0v) is 23.5. The molecule has 1 amide bonds. The molecule has 4 aromatic rings. The number of hydrogen-bond acceptors (Lipinski definition) is 7. The van der Waals surface area contributed by atoms with E-state index in [9.17, 15) is 9.59 Å². The number of methoxy groups -OCH3 is 1. The first-order valence-corrected chi connectivity index (χ1v) is 14.0. The van der Waals surface area contributed by atoms with Gasteiger partial charge in [-0.3, -0.25) is 14.5 Å². The van der Waals surface area contributed by atoms with Crippen molar-refractivity contribution in [1.29, 1.82) is 0 Å². The fraction of sp³-hybridized carbons (Fsp3) is 0.258. The van der Waals surface area contributed by atoms with Crippen molar-refractivity contribution in [1.82, 2.24) is 5.16 Å². The van der Waals surface area contributed by atoms with Crippen LogP contribution in [0, 0.1) is 0 Å². The van der Waals surface area contributed by atoms with Crippen molar-refractivity contribution in [3.05, 3.63) is 81.5 Å². The summed E-state index contributed by atoms with van der Waals surface area (Å²) in [5.74, 6) is 2.37. The van der Waals surface area contributed by atoms with Crippen LogP contribution in [0.2, 0.25) is 10.0 Å². The molecule has 3 aliphatic rings. The molecule has 2 heterocycles. The van der Waals surface area contributed by atoms with Crippen molar-refractivity contribution in [3.8, 4) is 28.5 Å². The average molecular weight is 591 g/mol. The van der Waals surface area contributed by atoms with Crippen LogP contribution in [0.4, 0.5) is 11.4 Å². The second-order valence-corrected chi connectivity index (χ2v) is 11.3. The fourth-order valence-electron chi connectivity index (χ4n) is 5.63. The third-order valence-corrected chi connectivity index (χ3v) is 8.65. The number of ether oxygens (including phenoxy) is 3. The summed E-state index contributed by atoms with van der Waals surface area (Å²) in [5, 5.41) is 5.32. The first kappa shape index (κ1) is 25.9. The Balaban J connectivity index is 1.21. The van der Waals surface area contributed by atoms with E-state index in [1.165, 1.54) is 7.11 Å². The van der Waals surface area contributed by atoms with Crippen molar-refractivity contribution in [2.75, 3.05) is 12.0 Å². The van der Waals surface area contributed by atoms with E-state index in [0.717, 1.165) is 48.3 Å². The highest BCUT2D eigenvalue weighted by molar-refractivity contribution is 6.39. The molecule has 10 heteroatoms. The predicted molar refractivity (Wildman–Crippen MR) is 152 cm³/mol. The standard InChI is InChI=1S/C31H24Cl2N2O6/c1-38-26-13-18(7-10-25(26)40-16-36)35-24-9-8-19(14-21(24)31(11-12-31)30(35)37)39-15-20-28(34-41-29(20)17-5-6-17)27-22(32)3-2-4-23(27)33/h2-4,7-10,13-14,16-17H,5-6,11-12,15H2,1H3. The Morgan fingerprint density at radius 2 is 1.85 bits per heavy atom. The van der Waals surface area contributed by atoms with Crippen LogP contribution in [0.1, 0.15) is 48.5 Å². The van der Waals surface area contributed by atoms with E-state index >= 15 is 0 Å².